The van der Waals surface area contributed by atoms with Gasteiger partial charge in [0.25, 0.3) is 5.91 Å². The van der Waals surface area contributed by atoms with Crippen LogP contribution in [0, 0.1) is 10.5 Å². The maximum atomic E-state index is 12.3. The fourth-order valence-electron chi connectivity index (χ4n) is 1.76. The zero-order valence-electron chi connectivity index (χ0n) is 10.7. The molecule has 4 heteroatoms. The summed E-state index contributed by atoms with van der Waals surface area (Å²) in [6, 6.07) is 13.5. The highest BCUT2D eigenvalue weighted by atomic mass is 127. The van der Waals surface area contributed by atoms with Crippen molar-refractivity contribution in [2.45, 2.75) is 11.8 Å². The van der Waals surface area contributed by atoms with Crippen molar-refractivity contribution < 1.29 is 4.79 Å². The van der Waals surface area contributed by atoms with Gasteiger partial charge in [-0.1, -0.05) is 18.2 Å². The van der Waals surface area contributed by atoms with E-state index < -0.39 is 0 Å². The summed E-state index contributed by atoms with van der Waals surface area (Å²) in [7, 11) is 0. The zero-order chi connectivity index (χ0) is 13.8. The highest BCUT2D eigenvalue weighted by molar-refractivity contribution is 14.1. The van der Waals surface area contributed by atoms with Gasteiger partial charge in [-0.05, 0) is 65.6 Å². The molecule has 98 valence electrons. The Morgan fingerprint density at radius 3 is 2.63 bits per heavy atom. The SMILES string of the molecule is CSc1ccccc1C(=O)Nc1cccc(I)c1C. The number of halogens is 1. The molecule has 2 rings (SSSR count). The molecule has 0 aliphatic carbocycles. The van der Waals surface area contributed by atoms with Gasteiger partial charge in [0.2, 0.25) is 0 Å². The molecule has 2 nitrogen and oxygen atoms in total. The van der Waals surface area contributed by atoms with Crippen molar-refractivity contribution in [3.05, 3.63) is 57.2 Å². The van der Waals surface area contributed by atoms with E-state index in [0.29, 0.717) is 5.56 Å². The number of amides is 1. The van der Waals surface area contributed by atoms with E-state index in [1.165, 1.54) is 0 Å². The van der Waals surface area contributed by atoms with Crippen LogP contribution in [-0.4, -0.2) is 12.2 Å². The van der Waals surface area contributed by atoms with E-state index in [1.807, 2.05) is 55.6 Å². The fourth-order valence-corrected chi connectivity index (χ4v) is 2.86. The summed E-state index contributed by atoms with van der Waals surface area (Å²) in [5, 5.41) is 2.98. The number of hydrogen-bond donors (Lipinski definition) is 1. The Kier molecular flexibility index (Phi) is 4.87. The molecule has 0 fully saturated rings. The highest BCUT2D eigenvalue weighted by Gasteiger charge is 2.12. The molecule has 19 heavy (non-hydrogen) atoms. The number of carbonyl (C=O) groups is 1. The number of anilines is 1. The van der Waals surface area contributed by atoms with Gasteiger partial charge in [-0.25, -0.2) is 0 Å². The van der Waals surface area contributed by atoms with Crippen LogP contribution in [0.5, 0.6) is 0 Å². The molecule has 0 aliphatic heterocycles. The second kappa shape index (κ2) is 6.43. The molecule has 0 radical (unpaired) electrons. The Balaban J connectivity index is 2.28. The summed E-state index contributed by atoms with van der Waals surface area (Å²) in [6.07, 6.45) is 1.98. The molecular formula is C15H14INOS. The van der Waals surface area contributed by atoms with E-state index in [1.54, 1.807) is 11.8 Å². The molecule has 0 unspecified atom stereocenters. The Labute approximate surface area is 131 Å². The van der Waals surface area contributed by atoms with Gasteiger partial charge in [0, 0.05) is 14.2 Å². The van der Waals surface area contributed by atoms with Crippen molar-refractivity contribution in [1.29, 1.82) is 0 Å². The van der Waals surface area contributed by atoms with Crippen LogP contribution in [0.2, 0.25) is 0 Å². The Bertz CT molecular complexity index is 613. The summed E-state index contributed by atoms with van der Waals surface area (Å²) in [5.41, 5.74) is 2.68. The third kappa shape index (κ3) is 3.30. The number of thioether (sulfide) groups is 1. The summed E-state index contributed by atoms with van der Waals surface area (Å²) in [5.74, 6) is -0.0601. The van der Waals surface area contributed by atoms with Crippen molar-refractivity contribution >= 4 is 45.9 Å². The molecule has 0 aliphatic rings. The number of carbonyl (C=O) groups excluding carboxylic acids is 1. The van der Waals surface area contributed by atoms with Gasteiger partial charge in [0.1, 0.15) is 0 Å². The standard InChI is InChI=1S/C15H14INOS/c1-10-12(16)7-5-8-13(10)17-15(18)11-6-3-4-9-14(11)19-2/h3-9H,1-2H3,(H,17,18). The lowest BCUT2D eigenvalue weighted by Crippen LogP contribution is -2.14. The smallest absolute Gasteiger partial charge is 0.256 e. The van der Waals surface area contributed by atoms with Crippen molar-refractivity contribution in [2.24, 2.45) is 0 Å². The van der Waals surface area contributed by atoms with E-state index in [4.69, 9.17) is 0 Å². The van der Waals surface area contributed by atoms with Gasteiger partial charge in [-0.15, -0.1) is 11.8 Å². The maximum Gasteiger partial charge on any atom is 0.256 e. The molecule has 0 aromatic heterocycles. The summed E-state index contributed by atoms with van der Waals surface area (Å²) in [6.45, 7) is 2.01. The lowest BCUT2D eigenvalue weighted by molar-refractivity contribution is 0.102. The van der Waals surface area contributed by atoms with Crippen LogP contribution in [0.3, 0.4) is 0 Å². The molecule has 0 spiro atoms. The minimum absolute atomic E-state index is 0.0601. The Hall–Kier alpha value is -1.01. The van der Waals surface area contributed by atoms with Crippen LogP contribution in [-0.2, 0) is 0 Å². The number of hydrogen-bond acceptors (Lipinski definition) is 2. The van der Waals surface area contributed by atoms with Crippen molar-refractivity contribution in [1.82, 2.24) is 0 Å². The van der Waals surface area contributed by atoms with Gasteiger partial charge in [0.05, 0.1) is 5.56 Å². The van der Waals surface area contributed by atoms with Gasteiger partial charge in [0.15, 0.2) is 0 Å². The van der Waals surface area contributed by atoms with E-state index in [2.05, 4.69) is 27.9 Å². The maximum absolute atomic E-state index is 12.3. The first-order chi connectivity index (χ1) is 9.13. The monoisotopic (exact) mass is 383 g/mol. The largest absolute Gasteiger partial charge is 0.322 e. The Morgan fingerprint density at radius 2 is 1.89 bits per heavy atom. The predicted octanol–water partition coefficient (Wildman–Crippen LogP) is 4.57. The lowest BCUT2D eigenvalue weighted by atomic mass is 10.1. The number of nitrogens with one attached hydrogen (secondary N) is 1. The third-order valence-corrected chi connectivity index (χ3v) is 4.83. The molecule has 0 atom stereocenters. The van der Waals surface area contributed by atoms with Crippen molar-refractivity contribution in [2.75, 3.05) is 11.6 Å². The topological polar surface area (TPSA) is 29.1 Å². The van der Waals surface area contributed by atoms with Gasteiger partial charge < -0.3 is 5.32 Å². The van der Waals surface area contributed by atoms with Crippen LogP contribution >= 0.6 is 34.4 Å². The summed E-state index contributed by atoms with van der Waals surface area (Å²) < 4.78 is 1.15. The molecule has 1 N–H and O–H groups in total. The molecule has 0 saturated carbocycles. The third-order valence-electron chi connectivity index (χ3n) is 2.87. The second-order valence-electron chi connectivity index (χ2n) is 4.07. The molecular weight excluding hydrogens is 369 g/mol. The van der Waals surface area contributed by atoms with E-state index >= 15 is 0 Å². The molecule has 0 bridgehead atoms. The van der Waals surface area contributed by atoms with Gasteiger partial charge in [-0.3, -0.25) is 4.79 Å². The van der Waals surface area contributed by atoms with Crippen LogP contribution in [0.15, 0.2) is 47.4 Å². The number of benzene rings is 2. The van der Waals surface area contributed by atoms with Crippen LogP contribution in [0.25, 0.3) is 0 Å². The average Bonchev–Trinajstić information content (AvgIpc) is 2.43. The summed E-state index contributed by atoms with van der Waals surface area (Å²) in [4.78, 5) is 13.3. The molecule has 2 aromatic carbocycles. The van der Waals surface area contributed by atoms with Crippen molar-refractivity contribution in [3.8, 4) is 0 Å². The first kappa shape index (κ1) is 14.4. The van der Waals surface area contributed by atoms with Crippen LogP contribution in [0.1, 0.15) is 15.9 Å². The van der Waals surface area contributed by atoms with E-state index in [9.17, 15) is 4.79 Å². The fraction of sp³-hybridized carbons (Fsp3) is 0.133. The van der Waals surface area contributed by atoms with E-state index in [0.717, 1.165) is 19.7 Å². The normalized spacial score (nSPS) is 10.3. The molecule has 0 saturated heterocycles. The highest BCUT2D eigenvalue weighted by Crippen LogP contribution is 2.24. The minimum atomic E-state index is -0.0601. The second-order valence-corrected chi connectivity index (χ2v) is 6.08. The first-order valence-corrected chi connectivity index (χ1v) is 8.13. The predicted molar refractivity (Wildman–Crippen MR) is 90.1 cm³/mol. The zero-order valence-corrected chi connectivity index (χ0v) is 13.7. The van der Waals surface area contributed by atoms with Crippen LogP contribution < -0.4 is 5.32 Å². The summed E-state index contributed by atoms with van der Waals surface area (Å²) >= 11 is 3.85. The molecule has 2 aromatic rings. The van der Waals surface area contributed by atoms with Crippen LogP contribution in [0.4, 0.5) is 5.69 Å². The minimum Gasteiger partial charge on any atom is -0.322 e. The van der Waals surface area contributed by atoms with Gasteiger partial charge in [-0.2, -0.15) is 0 Å². The molecule has 1 amide bonds. The quantitative estimate of drug-likeness (QED) is 0.621. The van der Waals surface area contributed by atoms with E-state index in [-0.39, 0.29) is 5.91 Å². The van der Waals surface area contributed by atoms with Crippen molar-refractivity contribution in [3.63, 3.8) is 0 Å². The molecule has 0 heterocycles. The lowest BCUT2D eigenvalue weighted by Gasteiger charge is -2.11. The Morgan fingerprint density at radius 1 is 1.16 bits per heavy atom. The number of rotatable bonds is 3. The van der Waals surface area contributed by atoms with Gasteiger partial charge >= 0.3 is 0 Å². The first-order valence-electron chi connectivity index (χ1n) is 5.83. The average molecular weight is 383 g/mol.